The molecular formula is C18H24N2O. The van der Waals surface area contributed by atoms with E-state index < -0.39 is 0 Å². The van der Waals surface area contributed by atoms with Gasteiger partial charge in [0.1, 0.15) is 0 Å². The Balaban J connectivity index is 1.77. The van der Waals surface area contributed by atoms with Gasteiger partial charge in [-0.2, -0.15) is 0 Å². The van der Waals surface area contributed by atoms with Crippen molar-refractivity contribution in [3.63, 3.8) is 0 Å². The SMILES string of the molecule is C/C=C/C=C\C(=O)NCc1ccc(CN2CCCC2)cc1. The highest BCUT2D eigenvalue weighted by Crippen LogP contribution is 2.13. The van der Waals surface area contributed by atoms with E-state index in [-0.39, 0.29) is 5.91 Å². The molecule has 1 amide bonds. The third kappa shape index (κ3) is 5.56. The Morgan fingerprint density at radius 3 is 2.48 bits per heavy atom. The molecular weight excluding hydrogens is 260 g/mol. The summed E-state index contributed by atoms with van der Waals surface area (Å²) in [5.74, 6) is -0.0609. The lowest BCUT2D eigenvalue weighted by Crippen LogP contribution is -2.20. The molecule has 1 heterocycles. The molecule has 112 valence electrons. The van der Waals surface area contributed by atoms with Gasteiger partial charge >= 0.3 is 0 Å². The highest BCUT2D eigenvalue weighted by Gasteiger charge is 2.11. The highest BCUT2D eigenvalue weighted by molar-refractivity contribution is 5.87. The van der Waals surface area contributed by atoms with Crippen LogP contribution in [0.5, 0.6) is 0 Å². The van der Waals surface area contributed by atoms with Crippen LogP contribution in [0.4, 0.5) is 0 Å². The number of benzene rings is 1. The molecule has 1 aromatic rings. The number of likely N-dealkylation sites (tertiary alicyclic amines) is 1. The molecule has 0 spiro atoms. The lowest BCUT2D eigenvalue weighted by atomic mass is 10.1. The van der Waals surface area contributed by atoms with Crippen molar-refractivity contribution in [3.05, 3.63) is 59.7 Å². The first-order valence-corrected chi connectivity index (χ1v) is 7.65. The smallest absolute Gasteiger partial charge is 0.244 e. The lowest BCUT2D eigenvalue weighted by Gasteiger charge is -2.14. The first kappa shape index (κ1) is 15.5. The van der Waals surface area contributed by atoms with Crippen LogP contribution in [0.15, 0.2) is 48.6 Å². The number of allylic oxidation sites excluding steroid dienone is 3. The first-order valence-electron chi connectivity index (χ1n) is 7.65. The zero-order chi connectivity index (χ0) is 14.9. The Labute approximate surface area is 127 Å². The summed E-state index contributed by atoms with van der Waals surface area (Å²) in [5, 5.41) is 2.88. The number of nitrogens with one attached hydrogen (secondary N) is 1. The third-order valence-corrected chi connectivity index (χ3v) is 3.65. The molecule has 3 heteroatoms. The molecule has 0 atom stereocenters. The number of nitrogens with zero attached hydrogens (tertiary/aromatic N) is 1. The van der Waals surface area contributed by atoms with Crippen molar-refractivity contribution in [2.75, 3.05) is 13.1 Å². The minimum absolute atomic E-state index is 0.0609. The van der Waals surface area contributed by atoms with Gasteiger partial charge in [0.15, 0.2) is 0 Å². The van der Waals surface area contributed by atoms with Gasteiger partial charge in [-0.3, -0.25) is 9.69 Å². The summed E-state index contributed by atoms with van der Waals surface area (Å²) in [6, 6.07) is 8.52. The molecule has 1 aliphatic rings. The molecule has 21 heavy (non-hydrogen) atoms. The van der Waals surface area contributed by atoms with E-state index in [9.17, 15) is 4.79 Å². The topological polar surface area (TPSA) is 32.3 Å². The summed E-state index contributed by atoms with van der Waals surface area (Å²) in [6.45, 7) is 5.97. The van der Waals surface area contributed by atoms with Gasteiger partial charge < -0.3 is 5.32 Å². The fourth-order valence-corrected chi connectivity index (χ4v) is 2.46. The van der Waals surface area contributed by atoms with Crippen molar-refractivity contribution in [3.8, 4) is 0 Å². The van der Waals surface area contributed by atoms with Crippen molar-refractivity contribution in [1.82, 2.24) is 10.2 Å². The molecule has 1 aliphatic heterocycles. The minimum Gasteiger partial charge on any atom is -0.348 e. The van der Waals surface area contributed by atoms with Gasteiger partial charge in [0, 0.05) is 19.2 Å². The number of hydrogen-bond donors (Lipinski definition) is 1. The number of carbonyl (C=O) groups is 1. The zero-order valence-corrected chi connectivity index (χ0v) is 12.7. The Morgan fingerprint density at radius 2 is 1.81 bits per heavy atom. The van der Waals surface area contributed by atoms with Gasteiger partial charge in [-0.1, -0.05) is 42.5 Å². The predicted molar refractivity (Wildman–Crippen MR) is 86.8 cm³/mol. The van der Waals surface area contributed by atoms with Crippen molar-refractivity contribution in [2.24, 2.45) is 0 Å². The van der Waals surface area contributed by atoms with E-state index in [1.54, 1.807) is 12.2 Å². The number of rotatable bonds is 6. The molecule has 0 radical (unpaired) electrons. The molecule has 1 N–H and O–H groups in total. The summed E-state index contributed by atoms with van der Waals surface area (Å²) < 4.78 is 0. The maximum atomic E-state index is 11.5. The van der Waals surface area contributed by atoms with Crippen molar-refractivity contribution >= 4 is 5.91 Å². The van der Waals surface area contributed by atoms with E-state index in [1.807, 2.05) is 19.1 Å². The molecule has 0 aromatic heterocycles. The minimum atomic E-state index is -0.0609. The van der Waals surface area contributed by atoms with Gasteiger partial charge in [-0.25, -0.2) is 0 Å². The Hall–Kier alpha value is -1.87. The standard InChI is InChI=1S/C18H24N2O/c1-2-3-4-7-18(21)19-14-16-8-10-17(11-9-16)15-20-12-5-6-13-20/h2-4,7-11H,5-6,12-15H2,1H3,(H,19,21)/b3-2+,7-4-. The van der Waals surface area contributed by atoms with Gasteiger partial charge in [0.25, 0.3) is 0 Å². The molecule has 1 aromatic carbocycles. The van der Waals surface area contributed by atoms with E-state index in [1.165, 1.54) is 31.5 Å². The molecule has 3 nitrogen and oxygen atoms in total. The van der Waals surface area contributed by atoms with Crippen molar-refractivity contribution in [1.29, 1.82) is 0 Å². The molecule has 1 fully saturated rings. The summed E-state index contributed by atoms with van der Waals surface area (Å²) >= 11 is 0. The van der Waals surface area contributed by atoms with E-state index >= 15 is 0 Å². The van der Waals surface area contributed by atoms with Crippen LogP contribution in [0.3, 0.4) is 0 Å². The van der Waals surface area contributed by atoms with Gasteiger partial charge in [-0.15, -0.1) is 0 Å². The summed E-state index contributed by atoms with van der Waals surface area (Å²) in [5.41, 5.74) is 2.48. The maximum absolute atomic E-state index is 11.5. The van der Waals surface area contributed by atoms with E-state index in [4.69, 9.17) is 0 Å². The van der Waals surface area contributed by atoms with Crippen LogP contribution in [-0.2, 0) is 17.9 Å². The fourth-order valence-electron chi connectivity index (χ4n) is 2.46. The molecule has 0 unspecified atom stereocenters. The van der Waals surface area contributed by atoms with Crippen molar-refractivity contribution < 1.29 is 4.79 Å². The number of carbonyl (C=O) groups excluding carboxylic acids is 1. The summed E-state index contributed by atoms with van der Waals surface area (Å²) in [7, 11) is 0. The van der Waals surface area contributed by atoms with Crippen LogP contribution in [0, 0.1) is 0 Å². The van der Waals surface area contributed by atoms with Crippen LogP contribution in [0.2, 0.25) is 0 Å². The second-order valence-electron chi connectivity index (χ2n) is 5.40. The fraction of sp³-hybridized carbons (Fsp3) is 0.389. The average Bonchev–Trinajstić information content (AvgIpc) is 3.00. The first-order chi connectivity index (χ1) is 10.3. The van der Waals surface area contributed by atoms with Gasteiger partial charge in [-0.05, 0) is 44.0 Å². The van der Waals surface area contributed by atoms with Crippen LogP contribution in [-0.4, -0.2) is 23.9 Å². The molecule has 0 bridgehead atoms. The largest absolute Gasteiger partial charge is 0.348 e. The molecule has 0 saturated carbocycles. The van der Waals surface area contributed by atoms with E-state index in [2.05, 4.69) is 34.5 Å². The Kier molecular flexibility index (Phi) is 6.22. The second-order valence-corrected chi connectivity index (χ2v) is 5.40. The summed E-state index contributed by atoms with van der Waals surface area (Å²) in [4.78, 5) is 14.0. The number of hydrogen-bond acceptors (Lipinski definition) is 2. The maximum Gasteiger partial charge on any atom is 0.244 e. The second kappa shape index (κ2) is 8.42. The van der Waals surface area contributed by atoms with Crippen LogP contribution < -0.4 is 5.32 Å². The Morgan fingerprint density at radius 1 is 1.14 bits per heavy atom. The predicted octanol–water partition coefficient (Wildman–Crippen LogP) is 3.03. The van der Waals surface area contributed by atoms with Crippen molar-refractivity contribution in [2.45, 2.75) is 32.9 Å². The molecule has 1 saturated heterocycles. The van der Waals surface area contributed by atoms with Crippen LogP contribution in [0.25, 0.3) is 0 Å². The number of amides is 1. The lowest BCUT2D eigenvalue weighted by molar-refractivity contribution is -0.116. The van der Waals surface area contributed by atoms with Crippen LogP contribution >= 0.6 is 0 Å². The normalized spacial score (nSPS) is 16.0. The van der Waals surface area contributed by atoms with Gasteiger partial charge in [0.05, 0.1) is 0 Å². The third-order valence-electron chi connectivity index (χ3n) is 3.65. The van der Waals surface area contributed by atoms with Gasteiger partial charge in [0.2, 0.25) is 5.91 Å². The quantitative estimate of drug-likeness (QED) is 0.643. The molecule has 0 aliphatic carbocycles. The summed E-state index contributed by atoms with van der Waals surface area (Å²) in [6.07, 6.45) is 9.67. The molecule has 2 rings (SSSR count). The van der Waals surface area contributed by atoms with E-state index in [0.29, 0.717) is 6.54 Å². The highest BCUT2D eigenvalue weighted by atomic mass is 16.1. The average molecular weight is 284 g/mol. The monoisotopic (exact) mass is 284 g/mol. The zero-order valence-electron chi connectivity index (χ0n) is 12.7. The Bertz CT molecular complexity index is 496. The van der Waals surface area contributed by atoms with Crippen LogP contribution in [0.1, 0.15) is 30.9 Å². The van der Waals surface area contributed by atoms with E-state index in [0.717, 1.165) is 12.1 Å².